The van der Waals surface area contributed by atoms with Gasteiger partial charge in [0, 0.05) is 12.5 Å². The molecule has 1 unspecified atom stereocenters. The van der Waals surface area contributed by atoms with E-state index >= 15 is 4.39 Å². The number of nitrogens with two attached hydrogens (primary N) is 1. The largest absolute Gasteiger partial charge is 0.481 e. The number of unbranched alkanes of at least 4 members (excludes halogenated alkanes) is 4. The lowest BCUT2D eigenvalue weighted by Crippen LogP contribution is -2.23. The lowest BCUT2D eigenvalue weighted by atomic mass is 9.96. The topological polar surface area (TPSA) is 92.4 Å². The van der Waals surface area contributed by atoms with Crippen LogP contribution in [0.4, 0.5) is 18.9 Å². The van der Waals surface area contributed by atoms with Crippen molar-refractivity contribution in [2.45, 2.75) is 99.3 Å². The van der Waals surface area contributed by atoms with Gasteiger partial charge in [0.25, 0.3) is 0 Å². The molecule has 0 aromatic heterocycles. The lowest BCUT2D eigenvalue weighted by molar-refractivity contribution is -0.137. The molecule has 1 atom stereocenters. The standard InChI is InChI=1S/C22H33F3N2O3S2/c23-17-18(24)22(32(26)30)19(25)20(27-15-11-7-3-1-4-8-12-15)21(17)31-14-10-6-2-5-9-13-16(28)29/h15,27H,1-14,26H2,(H,28,29). The van der Waals surface area contributed by atoms with Crippen molar-refractivity contribution < 1.29 is 27.3 Å². The number of rotatable bonds is 12. The van der Waals surface area contributed by atoms with Gasteiger partial charge in [-0.1, -0.05) is 51.4 Å². The Morgan fingerprint density at radius 2 is 1.56 bits per heavy atom. The molecule has 1 aromatic carbocycles. The fourth-order valence-corrected chi connectivity index (χ4v) is 5.55. The number of hydrogen-bond acceptors (Lipinski definition) is 4. The van der Waals surface area contributed by atoms with Crippen LogP contribution in [0.15, 0.2) is 9.79 Å². The molecular weight excluding hydrogens is 461 g/mol. The summed E-state index contributed by atoms with van der Waals surface area (Å²) in [5.41, 5.74) is -0.144. The van der Waals surface area contributed by atoms with E-state index in [0.717, 1.165) is 69.5 Å². The molecule has 0 bridgehead atoms. The Kier molecular flexibility index (Phi) is 11.9. The zero-order valence-corrected chi connectivity index (χ0v) is 19.9. The lowest BCUT2D eigenvalue weighted by Gasteiger charge is -2.25. The van der Waals surface area contributed by atoms with Gasteiger partial charge < -0.3 is 10.4 Å². The van der Waals surface area contributed by atoms with E-state index in [-0.39, 0.29) is 23.0 Å². The number of carboxylic acid groups (broad SMARTS) is 1. The summed E-state index contributed by atoms with van der Waals surface area (Å²) in [5.74, 6) is -4.16. The minimum absolute atomic E-state index is 0.0673. The van der Waals surface area contributed by atoms with Gasteiger partial charge in [-0.05, 0) is 31.4 Å². The summed E-state index contributed by atoms with van der Waals surface area (Å²) in [7, 11) is -2.49. The number of carbonyl (C=O) groups is 1. The van der Waals surface area contributed by atoms with E-state index in [9.17, 15) is 17.8 Å². The summed E-state index contributed by atoms with van der Waals surface area (Å²) in [6.07, 6.45) is 10.8. The third-order valence-corrected chi connectivity index (χ3v) is 7.60. The second-order valence-corrected chi connectivity index (χ2v) is 10.3. The monoisotopic (exact) mass is 494 g/mol. The second kappa shape index (κ2) is 14.1. The van der Waals surface area contributed by atoms with Gasteiger partial charge in [-0.25, -0.2) is 22.5 Å². The summed E-state index contributed by atoms with van der Waals surface area (Å²) < 4.78 is 56.2. The average Bonchev–Trinajstić information content (AvgIpc) is 2.70. The van der Waals surface area contributed by atoms with Gasteiger partial charge in [-0.2, -0.15) is 0 Å². The number of halogens is 3. The number of hydrogen-bond donors (Lipinski definition) is 3. The SMILES string of the molecule is NS(=O)c1c(F)c(F)c(SCCCCCCCC(=O)O)c(NC2CCCCCCC2)c1F. The molecular formula is C22H33F3N2O3S2. The second-order valence-electron chi connectivity index (χ2n) is 8.22. The van der Waals surface area contributed by atoms with E-state index in [0.29, 0.717) is 18.6 Å². The van der Waals surface area contributed by atoms with Crippen molar-refractivity contribution in [2.24, 2.45) is 5.14 Å². The molecule has 4 N–H and O–H groups in total. The molecule has 182 valence electrons. The highest BCUT2D eigenvalue weighted by Gasteiger charge is 2.29. The normalized spacial score (nSPS) is 16.4. The van der Waals surface area contributed by atoms with E-state index in [1.54, 1.807) is 0 Å². The van der Waals surface area contributed by atoms with Crippen LogP contribution in [-0.4, -0.2) is 27.1 Å². The first kappa shape index (κ1) is 27.0. The van der Waals surface area contributed by atoms with E-state index in [2.05, 4.69) is 5.32 Å². The zero-order valence-electron chi connectivity index (χ0n) is 18.3. The Morgan fingerprint density at radius 3 is 2.19 bits per heavy atom. The first-order chi connectivity index (χ1) is 15.3. The maximum absolute atomic E-state index is 15.1. The molecule has 1 aliphatic carbocycles. The minimum Gasteiger partial charge on any atom is -0.481 e. The first-order valence-electron chi connectivity index (χ1n) is 11.3. The molecule has 1 saturated carbocycles. The summed E-state index contributed by atoms with van der Waals surface area (Å²) in [6, 6.07) is -0.0673. The first-order valence-corrected chi connectivity index (χ1v) is 13.5. The van der Waals surface area contributed by atoms with Crippen LogP contribution in [0.1, 0.15) is 83.5 Å². The van der Waals surface area contributed by atoms with Crippen molar-refractivity contribution in [3.8, 4) is 0 Å². The fourth-order valence-electron chi connectivity index (χ4n) is 3.95. The Balaban J connectivity index is 2.10. The molecule has 32 heavy (non-hydrogen) atoms. The maximum Gasteiger partial charge on any atom is 0.303 e. The van der Waals surface area contributed by atoms with Crippen LogP contribution in [0.2, 0.25) is 0 Å². The van der Waals surface area contributed by atoms with Crippen molar-refractivity contribution in [2.75, 3.05) is 11.1 Å². The molecule has 0 amide bonds. The van der Waals surface area contributed by atoms with Gasteiger partial charge in [-0.3, -0.25) is 4.79 Å². The number of thioether (sulfide) groups is 1. The number of aliphatic carboxylic acids is 1. The molecule has 5 nitrogen and oxygen atoms in total. The van der Waals surface area contributed by atoms with E-state index in [4.69, 9.17) is 10.2 Å². The van der Waals surface area contributed by atoms with Crippen molar-refractivity contribution >= 4 is 34.4 Å². The van der Waals surface area contributed by atoms with Gasteiger partial charge in [0.05, 0.1) is 10.6 Å². The van der Waals surface area contributed by atoms with Gasteiger partial charge >= 0.3 is 5.97 Å². The molecule has 2 rings (SSSR count). The Bertz CT molecular complexity index is 788. The van der Waals surface area contributed by atoms with Crippen LogP contribution < -0.4 is 10.5 Å². The summed E-state index contributed by atoms with van der Waals surface area (Å²) in [5, 5.41) is 17.0. The van der Waals surface area contributed by atoms with Gasteiger partial charge in [0.2, 0.25) is 0 Å². The highest BCUT2D eigenvalue weighted by Crippen LogP contribution is 2.39. The van der Waals surface area contributed by atoms with Crippen LogP contribution in [-0.2, 0) is 15.8 Å². The highest BCUT2D eigenvalue weighted by molar-refractivity contribution is 7.99. The number of anilines is 1. The smallest absolute Gasteiger partial charge is 0.303 e. The number of benzene rings is 1. The van der Waals surface area contributed by atoms with Crippen molar-refractivity contribution in [1.29, 1.82) is 0 Å². The van der Waals surface area contributed by atoms with Crippen LogP contribution in [0.3, 0.4) is 0 Å². The van der Waals surface area contributed by atoms with Crippen molar-refractivity contribution in [1.82, 2.24) is 0 Å². The Labute approximate surface area is 194 Å². The predicted molar refractivity (Wildman–Crippen MR) is 123 cm³/mol. The van der Waals surface area contributed by atoms with Crippen molar-refractivity contribution in [3.05, 3.63) is 17.5 Å². The molecule has 0 heterocycles. The molecule has 0 aliphatic heterocycles. The minimum atomic E-state index is -2.49. The predicted octanol–water partition coefficient (Wildman–Crippen LogP) is 6.13. The van der Waals surface area contributed by atoms with E-state index in [1.165, 1.54) is 6.42 Å². The van der Waals surface area contributed by atoms with Crippen LogP contribution in [0, 0.1) is 17.5 Å². The maximum atomic E-state index is 15.1. The fraction of sp³-hybridized carbons (Fsp3) is 0.682. The third kappa shape index (κ3) is 8.26. The highest BCUT2D eigenvalue weighted by atomic mass is 32.2. The molecule has 10 heteroatoms. The van der Waals surface area contributed by atoms with Gasteiger partial charge in [0.15, 0.2) is 17.5 Å². The molecule has 0 radical (unpaired) electrons. The zero-order chi connectivity index (χ0) is 23.5. The molecule has 1 aliphatic rings. The van der Waals surface area contributed by atoms with E-state index < -0.39 is 39.3 Å². The molecule has 1 fully saturated rings. The van der Waals surface area contributed by atoms with Gasteiger partial charge in [-0.15, -0.1) is 11.8 Å². The Morgan fingerprint density at radius 1 is 0.969 bits per heavy atom. The van der Waals surface area contributed by atoms with Crippen molar-refractivity contribution in [3.63, 3.8) is 0 Å². The number of carboxylic acids is 1. The average molecular weight is 495 g/mol. The Hall–Kier alpha value is -1.26. The summed E-state index contributed by atoms with van der Waals surface area (Å²) in [6.45, 7) is 0. The molecule has 1 aromatic rings. The molecule has 0 saturated heterocycles. The quantitative estimate of drug-likeness (QED) is 0.185. The summed E-state index contributed by atoms with van der Waals surface area (Å²) >= 11 is 1.04. The van der Waals surface area contributed by atoms with Crippen LogP contribution in [0.5, 0.6) is 0 Å². The van der Waals surface area contributed by atoms with Crippen LogP contribution in [0.25, 0.3) is 0 Å². The van der Waals surface area contributed by atoms with E-state index in [1.807, 2.05) is 0 Å². The number of nitrogens with one attached hydrogen (secondary N) is 1. The summed E-state index contributed by atoms with van der Waals surface area (Å²) in [4.78, 5) is 9.45. The third-order valence-electron chi connectivity index (χ3n) is 5.67. The van der Waals surface area contributed by atoms with Gasteiger partial charge in [0.1, 0.15) is 15.9 Å². The molecule has 0 spiro atoms. The van der Waals surface area contributed by atoms with Crippen LogP contribution >= 0.6 is 11.8 Å².